The second-order valence-corrected chi connectivity index (χ2v) is 6.97. The summed E-state index contributed by atoms with van der Waals surface area (Å²) in [5, 5.41) is 2.83. The van der Waals surface area contributed by atoms with Gasteiger partial charge in [0.15, 0.2) is 0 Å². The fourth-order valence-corrected chi connectivity index (χ4v) is 3.33. The highest BCUT2D eigenvalue weighted by Crippen LogP contribution is 2.27. The summed E-state index contributed by atoms with van der Waals surface area (Å²) in [6, 6.07) is 20.9. The van der Waals surface area contributed by atoms with E-state index in [2.05, 4.69) is 5.32 Å². The van der Waals surface area contributed by atoms with Crippen LogP contribution in [0.4, 0.5) is 5.69 Å². The second-order valence-electron chi connectivity index (χ2n) is 6.97. The van der Waals surface area contributed by atoms with E-state index in [1.165, 1.54) is 0 Å². The summed E-state index contributed by atoms with van der Waals surface area (Å²) >= 11 is 0. The Morgan fingerprint density at radius 3 is 2.59 bits per heavy atom. The van der Waals surface area contributed by atoms with Crippen molar-refractivity contribution in [1.29, 1.82) is 0 Å². The Balaban J connectivity index is 1.32. The van der Waals surface area contributed by atoms with Crippen LogP contribution in [0.2, 0.25) is 0 Å². The van der Waals surface area contributed by atoms with Crippen molar-refractivity contribution in [2.75, 3.05) is 11.4 Å². The molecule has 6 nitrogen and oxygen atoms in total. The molecule has 1 aromatic heterocycles. The number of benzene rings is 2. The first-order valence-corrected chi connectivity index (χ1v) is 9.56. The van der Waals surface area contributed by atoms with E-state index in [0.717, 1.165) is 17.0 Å². The number of hydrogen-bond acceptors (Lipinski definition) is 4. The minimum absolute atomic E-state index is 0.0545. The summed E-state index contributed by atoms with van der Waals surface area (Å²) in [6.45, 7) is 1.18. The van der Waals surface area contributed by atoms with Crippen molar-refractivity contribution in [2.45, 2.75) is 19.6 Å². The fourth-order valence-electron chi connectivity index (χ4n) is 3.33. The van der Waals surface area contributed by atoms with Crippen LogP contribution in [0.3, 0.4) is 0 Å². The smallest absolute Gasteiger partial charge is 0.227 e. The van der Waals surface area contributed by atoms with Crippen LogP contribution in [0.1, 0.15) is 17.7 Å². The molecular formula is C23H22N2O4. The number of hydrogen-bond donors (Lipinski definition) is 1. The zero-order valence-corrected chi connectivity index (χ0v) is 15.9. The number of carbonyl (C=O) groups is 2. The first-order chi connectivity index (χ1) is 14.2. The molecule has 1 N–H and O–H groups in total. The molecule has 1 fully saturated rings. The molecule has 1 aliphatic heterocycles. The molecule has 3 aromatic rings. The van der Waals surface area contributed by atoms with E-state index >= 15 is 0 Å². The second kappa shape index (κ2) is 8.65. The van der Waals surface area contributed by atoms with Crippen molar-refractivity contribution in [3.05, 3.63) is 84.3 Å². The SMILES string of the molecule is O=C(NCc1ccco1)C1CC(=O)N(c2ccc(OCc3ccccc3)cc2)C1. The van der Waals surface area contributed by atoms with Gasteiger partial charge in [-0.3, -0.25) is 9.59 Å². The number of amides is 2. The van der Waals surface area contributed by atoms with E-state index < -0.39 is 0 Å². The number of furan rings is 1. The standard InChI is InChI=1S/C23H22N2O4/c26-22-13-18(23(27)24-14-21-7-4-12-28-21)15-25(22)19-8-10-20(11-9-19)29-16-17-5-2-1-3-6-17/h1-12,18H,13-16H2,(H,24,27). The molecule has 2 aromatic carbocycles. The minimum Gasteiger partial charge on any atom is -0.489 e. The maximum Gasteiger partial charge on any atom is 0.227 e. The number of nitrogens with one attached hydrogen (secondary N) is 1. The van der Waals surface area contributed by atoms with Gasteiger partial charge in [-0.2, -0.15) is 0 Å². The maximum atomic E-state index is 12.4. The van der Waals surface area contributed by atoms with E-state index in [0.29, 0.717) is 25.5 Å². The van der Waals surface area contributed by atoms with Crippen molar-refractivity contribution >= 4 is 17.5 Å². The molecule has 29 heavy (non-hydrogen) atoms. The van der Waals surface area contributed by atoms with Crippen molar-refractivity contribution in [1.82, 2.24) is 5.32 Å². The van der Waals surface area contributed by atoms with Crippen LogP contribution in [0.25, 0.3) is 0 Å². The molecule has 2 amide bonds. The van der Waals surface area contributed by atoms with Crippen LogP contribution >= 0.6 is 0 Å². The summed E-state index contributed by atoms with van der Waals surface area (Å²) in [4.78, 5) is 26.5. The number of carbonyl (C=O) groups excluding carboxylic acids is 2. The van der Waals surface area contributed by atoms with Gasteiger partial charge in [-0.05, 0) is 42.0 Å². The molecule has 1 unspecified atom stereocenters. The third-order valence-corrected chi connectivity index (χ3v) is 4.91. The van der Waals surface area contributed by atoms with Crippen LogP contribution in [0, 0.1) is 5.92 Å². The van der Waals surface area contributed by atoms with Crippen LogP contribution in [-0.2, 0) is 22.7 Å². The average molecular weight is 390 g/mol. The van der Waals surface area contributed by atoms with Gasteiger partial charge in [-0.15, -0.1) is 0 Å². The normalized spacial score (nSPS) is 16.1. The van der Waals surface area contributed by atoms with Gasteiger partial charge in [-0.25, -0.2) is 0 Å². The summed E-state index contributed by atoms with van der Waals surface area (Å²) in [5.74, 6) is 0.857. The zero-order chi connectivity index (χ0) is 20.1. The van der Waals surface area contributed by atoms with Gasteiger partial charge >= 0.3 is 0 Å². The molecular weight excluding hydrogens is 368 g/mol. The lowest BCUT2D eigenvalue weighted by atomic mass is 10.1. The highest BCUT2D eigenvalue weighted by molar-refractivity contribution is 6.00. The average Bonchev–Trinajstić information content (AvgIpc) is 3.41. The summed E-state index contributed by atoms with van der Waals surface area (Å²) in [6.07, 6.45) is 1.77. The summed E-state index contributed by atoms with van der Waals surface area (Å²) in [7, 11) is 0. The van der Waals surface area contributed by atoms with E-state index in [9.17, 15) is 9.59 Å². The Bertz CT molecular complexity index is 952. The van der Waals surface area contributed by atoms with Crippen LogP contribution in [0.15, 0.2) is 77.4 Å². The number of anilines is 1. The Labute approximate surface area is 169 Å². The van der Waals surface area contributed by atoms with Gasteiger partial charge in [0, 0.05) is 18.7 Å². The van der Waals surface area contributed by atoms with Gasteiger partial charge < -0.3 is 19.4 Å². The molecule has 1 atom stereocenters. The van der Waals surface area contributed by atoms with Crippen molar-refractivity contribution in [3.8, 4) is 5.75 Å². The Kier molecular flexibility index (Phi) is 5.61. The molecule has 0 aliphatic carbocycles. The predicted octanol–water partition coefficient (Wildman–Crippen LogP) is 3.53. The van der Waals surface area contributed by atoms with Gasteiger partial charge in [0.2, 0.25) is 11.8 Å². The quantitative estimate of drug-likeness (QED) is 0.670. The molecule has 0 spiro atoms. The molecule has 0 bridgehead atoms. The molecule has 0 saturated carbocycles. The monoisotopic (exact) mass is 390 g/mol. The van der Waals surface area contributed by atoms with E-state index in [-0.39, 0.29) is 24.2 Å². The van der Waals surface area contributed by atoms with Gasteiger partial charge in [-0.1, -0.05) is 30.3 Å². The number of ether oxygens (including phenoxy) is 1. The maximum absolute atomic E-state index is 12.4. The first-order valence-electron chi connectivity index (χ1n) is 9.56. The fraction of sp³-hybridized carbons (Fsp3) is 0.217. The molecule has 148 valence electrons. The molecule has 6 heteroatoms. The molecule has 1 saturated heterocycles. The van der Waals surface area contributed by atoms with Crippen molar-refractivity contribution in [3.63, 3.8) is 0 Å². The lowest BCUT2D eigenvalue weighted by molar-refractivity contribution is -0.126. The zero-order valence-electron chi connectivity index (χ0n) is 15.9. The van der Waals surface area contributed by atoms with Gasteiger partial charge in [0.25, 0.3) is 0 Å². The van der Waals surface area contributed by atoms with Gasteiger partial charge in [0.05, 0.1) is 18.7 Å². The summed E-state index contributed by atoms with van der Waals surface area (Å²) in [5.41, 5.74) is 1.86. The molecule has 4 rings (SSSR count). The van der Waals surface area contributed by atoms with E-state index in [4.69, 9.17) is 9.15 Å². The van der Waals surface area contributed by atoms with E-state index in [1.54, 1.807) is 23.3 Å². The third kappa shape index (κ3) is 4.66. The highest BCUT2D eigenvalue weighted by Gasteiger charge is 2.35. The lowest BCUT2D eigenvalue weighted by Gasteiger charge is -2.17. The predicted molar refractivity (Wildman–Crippen MR) is 108 cm³/mol. The molecule has 0 radical (unpaired) electrons. The van der Waals surface area contributed by atoms with Crippen molar-refractivity contribution < 1.29 is 18.7 Å². The Morgan fingerprint density at radius 1 is 1.07 bits per heavy atom. The van der Waals surface area contributed by atoms with Crippen LogP contribution < -0.4 is 15.0 Å². The van der Waals surface area contributed by atoms with Crippen molar-refractivity contribution in [2.24, 2.45) is 5.92 Å². The topological polar surface area (TPSA) is 71.8 Å². The minimum atomic E-state index is -0.369. The van der Waals surface area contributed by atoms with E-state index in [1.807, 2.05) is 54.6 Å². The number of nitrogens with zero attached hydrogens (tertiary/aromatic N) is 1. The molecule has 2 heterocycles. The molecule has 1 aliphatic rings. The largest absolute Gasteiger partial charge is 0.489 e. The highest BCUT2D eigenvalue weighted by atomic mass is 16.5. The Hall–Kier alpha value is -3.54. The van der Waals surface area contributed by atoms with Gasteiger partial charge in [0.1, 0.15) is 18.1 Å². The number of rotatable bonds is 7. The Morgan fingerprint density at radius 2 is 1.86 bits per heavy atom. The lowest BCUT2D eigenvalue weighted by Crippen LogP contribution is -2.32. The third-order valence-electron chi connectivity index (χ3n) is 4.91. The van der Waals surface area contributed by atoms with Crippen LogP contribution in [0.5, 0.6) is 5.75 Å². The first kappa shape index (κ1) is 18.8. The summed E-state index contributed by atoms with van der Waals surface area (Å²) < 4.78 is 11.0. The van der Waals surface area contributed by atoms with Crippen LogP contribution in [-0.4, -0.2) is 18.4 Å².